The topological polar surface area (TPSA) is 86.9 Å². The van der Waals surface area contributed by atoms with Crippen LogP contribution >= 0.6 is 11.6 Å². The quantitative estimate of drug-likeness (QED) is 0.326. The molecule has 1 saturated carbocycles. The lowest BCUT2D eigenvalue weighted by Gasteiger charge is -2.14. The van der Waals surface area contributed by atoms with Gasteiger partial charge in [0.15, 0.2) is 5.82 Å². The molecule has 4 aromatic rings. The number of hydrogen-bond donors (Lipinski definition) is 1. The fourth-order valence-electron chi connectivity index (χ4n) is 5.06. The predicted octanol–water partition coefficient (Wildman–Crippen LogP) is 5.45. The Balaban J connectivity index is 1.40. The molecule has 36 heavy (non-hydrogen) atoms. The third kappa shape index (κ3) is 4.16. The molecule has 2 aliphatic rings. The van der Waals surface area contributed by atoms with Gasteiger partial charge in [0, 0.05) is 34.5 Å². The van der Waals surface area contributed by atoms with Gasteiger partial charge in [0.25, 0.3) is 0 Å². The van der Waals surface area contributed by atoms with E-state index in [0.29, 0.717) is 5.02 Å². The number of halogens is 1. The molecule has 1 aliphatic heterocycles. The van der Waals surface area contributed by atoms with Crippen LogP contribution in [-0.4, -0.2) is 36.8 Å². The summed E-state index contributed by atoms with van der Waals surface area (Å²) in [7, 11) is 0. The summed E-state index contributed by atoms with van der Waals surface area (Å²) < 4.78 is 4.22. The standard InChI is InChI=1S/C28H30ClN7/c1-19-33-34-27-28(12-13-28)32-26(20-6-9-23(29)10-7-20)24-16-21(8-11-25(24)36(19)27)22-17-31-35(18-22)15-5-3-2-4-14-30/h6-11,16-18H,2-5,12-15,30H2,1H3. The second-order valence-corrected chi connectivity index (χ2v) is 10.3. The Bertz CT molecular complexity index is 1430. The Hall–Kier alpha value is -3.29. The third-order valence-corrected chi connectivity index (χ3v) is 7.46. The summed E-state index contributed by atoms with van der Waals surface area (Å²) in [6.07, 6.45) is 10.6. The molecule has 2 aromatic heterocycles. The van der Waals surface area contributed by atoms with Crippen molar-refractivity contribution in [2.24, 2.45) is 10.7 Å². The van der Waals surface area contributed by atoms with E-state index < -0.39 is 0 Å². The maximum absolute atomic E-state index is 6.22. The van der Waals surface area contributed by atoms with E-state index in [2.05, 4.69) is 56.4 Å². The first-order valence-corrected chi connectivity index (χ1v) is 13.1. The zero-order valence-corrected chi connectivity index (χ0v) is 21.2. The average Bonchev–Trinajstić information content (AvgIpc) is 3.36. The summed E-state index contributed by atoms with van der Waals surface area (Å²) in [5.74, 6) is 1.81. The summed E-state index contributed by atoms with van der Waals surface area (Å²) >= 11 is 6.22. The van der Waals surface area contributed by atoms with Crippen LogP contribution in [0.1, 0.15) is 61.3 Å². The van der Waals surface area contributed by atoms with Gasteiger partial charge in [-0.25, -0.2) is 0 Å². The Morgan fingerprint density at radius 2 is 1.72 bits per heavy atom. The van der Waals surface area contributed by atoms with Gasteiger partial charge in [-0.05, 0) is 69.0 Å². The molecule has 0 saturated heterocycles. The van der Waals surface area contributed by atoms with Gasteiger partial charge in [-0.3, -0.25) is 14.2 Å². The van der Waals surface area contributed by atoms with Crippen molar-refractivity contribution in [1.29, 1.82) is 0 Å². The molecule has 1 aliphatic carbocycles. The van der Waals surface area contributed by atoms with Crippen molar-refractivity contribution in [2.75, 3.05) is 6.54 Å². The Labute approximate surface area is 216 Å². The van der Waals surface area contributed by atoms with Gasteiger partial charge in [0.2, 0.25) is 0 Å². The lowest BCUT2D eigenvalue weighted by atomic mass is 9.96. The minimum atomic E-state index is -0.315. The van der Waals surface area contributed by atoms with Crippen LogP contribution in [0.4, 0.5) is 0 Å². The number of rotatable bonds is 8. The number of hydrogen-bond acceptors (Lipinski definition) is 5. The fourth-order valence-corrected chi connectivity index (χ4v) is 5.19. The summed E-state index contributed by atoms with van der Waals surface area (Å²) in [6, 6.07) is 14.5. The van der Waals surface area contributed by atoms with Gasteiger partial charge in [-0.2, -0.15) is 5.10 Å². The Kier molecular flexibility index (Phi) is 5.97. The number of nitrogens with two attached hydrogens (primary N) is 1. The molecule has 1 spiro atoms. The number of benzene rings is 2. The molecule has 0 amide bonds. The van der Waals surface area contributed by atoms with Crippen LogP contribution in [0.5, 0.6) is 0 Å². The minimum Gasteiger partial charge on any atom is -0.330 e. The van der Waals surface area contributed by atoms with E-state index in [1.165, 1.54) is 12.8 Å². The zero-order valence-electron chi connectivity index (χ0n) is 20.5. The third-order valence-electron chi connectivity index (χ3n) is 7.21. The minimum absolute atomic E-state index is 0.315. The summed E-state index contributed by atoms with van der Waals surface area (Å²) in [5, 5.41) is 14.3. The zero-order chi connectivity index (χ0) is 24.7. The number of aryl methyl sites for hydroxylation is 2. The molecule has 2 N–H and O–H groups in total. The normalized spacial score (nSPS) is 15.4. The number of unbranched alkanes of at least 4 members (excludes halogenated alkanes) is 3. The summed E-state index contributed by atoms with van der Waals surface area (Å²) in [6.45, 7) is 3.69. The highest BCUT2D eigenvalue weighted by Crippen LogP contribution is 2.51. The van der Waals surface area contributed by atoms with Crippen LogP contribution in [0.3, 0.4) is 0 Å². The maximum Gasteiger partial charge on any atom is 0.165 e. The van der Waals surface area contributed by atoms with Crippen molar-refractivity contribution in [3.05, 3.63) is 82.7 Å². The van der Waals surface area contributed by atoms with E-state index in [-0.39, 0.29) is 5.54 Å². The van der Waals surface area contributed by atoms with E-state index in [1.54, 1.807) is 0 Å². The average molecular weight is 500 g/mol. The van der Waals surface area contributed by atoms with Crippen molar-refractivity contribution in [3.8, 4) is 16.8 Å². The first-order chi connectivity index (χ1) is 17.6. The molecular weight excluding hydrogens is 470 g/mol. The molecule has 1 fully saturated rings. The smallest absolute Gasteiger partial charge is 0.165 e. The van der Waals surface area contributed by atoms with E-state index in [4.69, 9.17) is 22.3 Å². The lowest BCUT2D eigenvalue weighted by Crippen LogP contribution is -2.11. The van der Waals surface area contributed by atoms with Crippen LogP contribution in [0.15, 0.2) is 59.9 Å². The van der Waals surface area contributed by atoms with Gasteiger partial charge < -0.3 is 5.73 Å². The maximum atomic E-state index is 6.22. The first-order valence-electron chi connectivity index (χ1n) is 12.7. The highest BCUT2D eigenvalue weighted by Gasteiger charge is 2.51. The molecule has 8 heteroatoms. The van der Waals surface area contributed by atoms with Crippen LogP contribution in [0.25, 0.3) is 16.8 Å². The number of aromatic nitrogens is 5. The van der Waals surface area contributed by atoms with Gasteiger partial charge in [-0.15, -0.1) is 10.2 Å². The molecule has 7 nitrogen and oxygen atoms in total. The lowest BCUT2D eigenvalue weighted by molar-refractivity contribution is 0.537. The van der Waals surface area contributed by atoms with E-state index in [9.17, 15) is 0 Å². The number of nitrogens with zero attached hydrogens (tertiary/aromatic N) is 6. The van der Waals surface area contributed by atoms with Crippen molar-refractivity contribution < 1.29 is 0 Å². The molecule has 184 valence electrons. The van der Waals surface area contributed by atoms with Gasteiger partial charge in [-0.1, -0.05) is 42.6 Å². The van der Waals surface area contributed by atoms with Gasteiger partial charge in [0.05, 0.1) is 17.6 Å². The monoisotopic (exact) mass is 499 g/mol. The van der Waals surface area contributed by atoms with Crippen LogP contribution in [0, 0.1) is 6.92 Å². The summed E-state index contributed by atoms with van der Waals surface area (Å²) in [4.78, 5) is 5.34. The Morgan fingerprint density at radius 1 is 0.944 bits per heavy atom. The molecule has 0 radical (unpaired) electrons. The second kappa shape index (κ2) is 9.30. The molecular formula is C28H30ClN7. The highest BCUT2D eigenvalue weighted by molar-refractivity contribution is 6.30. The first kappa shape index (κ1) is 23.1. The van der Waals surface area contributed by atoms with Crippen molar-refractivity contribution in [1.82, 2.24) is 24.5 Å². The van der Waals surface area contributed by atoms with Crippen LogP contribution < -0.4 is 5.73 Å². The predicted molar refractivity (Wildman–Crippen MR) is 143 cm³/mol. The SMILES string of the molecule is Cc1nnc2n1-c1ccc(-c3cnn(CCCCCCN)c3)cc1C(c1ccc(Cl)cc1)=NC21CC1. The van der Waals surface area contributed by atoms with Crippen LogP contribution in [0.2, 0.25) is 5.02 Å². The van der Waals surface area contributed by atoms with E-state index >= 15 is 0 Å². The van der Waals surface area contributed by atoms with Crippen LogP contribution in [-0.2, 0) is 12.1 Å². The Morgan fingerprint density at radius 3 is 2.50 bits per heavy atom. The van der Waals surface area contributed by atoms with Crippen molar-refractivity contribution in [2.45, 2.75) is 57.5 Å². The van der Waals surface area contributed by atoms with E-state index in [1.807, 2.05) is 29.9 Å². The largest absolute Gasteiger partial charge is 0.330 e. The van der Waals surface area contributed by atoms with Crippen molar-refractivity contribution >= 4 is 17.3 Å². The molecule has 6 rings (SSSR count). The number of fused-ring (bicyclic) bond motifs is 4. The summed E-state index contributed by atoms with van der Waals surface area (Å²) in [5.41, 5.74) is 11.6. The van der Waals surface area contributed by atoms with E-state index in [0.717, 1.165) is 84.1 Å². The molecule has 0 unspecified atom stereocenters. The molecule has 3 heterocycles. The second-order valence-electron chi connectivity index (χ2n) is 9.83. The van der Waals surface area contributed by atoms with Gasteiger partial charge in [0.1, 0.15) is 11.4 Å². The molecule has 0 bridgehead atoms. The number of aliphatic imine (C=N–C) groups is 1. The highest BCUT2D eigenvalue weighted by atomic mass is 35.5. The van der Waals surface area contributed by atoms with Gasteiger partial charge >= 0.3 is 0 Å². The van der Waals surface area contributed by atoms with Crippen molar-refractivity contribution in [3.63, 3.8) is 0 Å². The molecule has 0 atom stereocenters. The molecule has 2 aromatic carbocycles. The fraction of sp³-hybridized carbons (Fsp3) is 0.357.